The van der Waals surface area contributed by atoms with Gasteiger partial charge in [-0.25, -0.2) is 0 Å². The molecule has 2 aromatic carbocycles. The number of carbonyl (C=O) groups is 1. The van der Waals surface area contributed by atoms with Crippen LogP contribution < -0.4 is 9.47 Å². The van der Waals surface area contributed by atoms with Crippen LogP contribution in [-0.2, 0) is 11.3 Å². The van der Waals surface area contributed by atoms with Gasteiger partial charge in [0.1, 0.15) is 0 Å². The minimum atomic E-state index is -0.0175. The summed E-state index contributed by atoms with van der Waals surface area (Å²) in [6.07, 6.45) is 3.44. The highest BCUT2D eigenvalue weighted by Crippen LogP contribution is 2.28. The Labute approximate surface area is 143 Å². The molecule has 0 bridgehead atoms. The second-order valence-corrected chi connectivity index (χ2v) is 5.29. The van der Waals surface area contributed by atoms with Crippen molar-refractivity contribution in [3.05, 3.63) is 65.7 Å². The highest BCUT2D eigenvalue weighted by atomic mass is 16.5. The first-order valence-corrected chi connectivity index (χ1v) is 7.90. The van der Waals surface area contributed by atoms with Crippen molar-refractivity contribution in [3.8, 4) is 11.5 Å². The molecule has 2 aromatic rings. The van der Waals surface area contributed by atoms with Crippen molar-refractivity contribution in [2.45, 2.75) is 13.5 Å². The zero-order valence-corrected chi connectivity index (χ0v) is 14.4. The first-order chi connectivity index (χ1) is 11.7. The molecular weight excluding hydrogens is 302 g/mol. The molecule has 2 rings (SSSR count). The molecule has 4 nitrogen and oxygen atoms in total. The van der Waals surface area contributed by atoms with Crippen molar-refractivity contribution in [2.24, 2.45) is 0 Å². The SMILES string of the molecule is CCN(Cc1ccc(OC)c(OC)c1)C(=O)/C=C/c1ccccc1. The molecule has 0 fully saturated rings. The number of amides is 1. The molecule has 0 saturated carbocycles. The van der Waals surface area contributed by atoms with E-state index in [-0.39, 0.29) is 5.91 Å². The van der Waals surface area contributed by atoms with Crippen LogP contribution in [0, 0.1) is 0 Å². The van der Waals surface area contributed by atoms with Crippen molar-refractivity contribution in [1.82, 2.24) is 4.90 Å². The molecule has 0 unspecified atom stereocenters. The van der Waals surface area contributed by atoms with Crippen LogP contribution in [0.3, 0.4) is 0 Å². The Kier molecular flexibility index (Phi) is 6.43. The maximum atomic E-state index is 12.4. The van der Waals surface area contributed by atoms with Crippen molar-refractivity contribution in [2.75, 3.05) is 20.8 Å². The maximum absolute atomic E-state index is 12.4. The lowest BCUT2D eigenvalue weighted by Crippen LogP contribution is -2.28. The van der Waals surface area contributed by atoms with Crippen LogP contribution in [0.4, 0.5) is 0 Å². The van der Waals surface area contributed by atoms with Gasteiger partial charge in [-0.1, -0.05) is 36.4 Å². The Bertz CT molecular complexity index is 695. The van der Waals surface area contributed by atoms with Crippen LogP contribution in [0.25, 0.3) is 6.08 Å². The first-order valence-electron chi connectivity index (χ1n) is 7.90. The highest BCUT2D eigenvalue weighted by molar-refractivity contribution is 5.91. The third-order valence-electron chi connectivity index (χ3n) is 3.73. The first kappa shape index (κ1) is 17.6. The summed E-state index contributed by atoms with van der Waals surface area (Å²) < 4.78 is 10.6. The Morgan fingerprint density at radius 2 is 1.75 bits per heavy atom. The summed E-state index contributed by atoms with van der Waals surface area (Å²) in [7, 11) is 3.21. The average Bonchev–Trinajstić information content (AvgIpc) is 2.64. The van der Waals surface area contributed by atoms with Gasteiger partial charge in [-0.2, -0.15) is 0 Å². The number of likely N-dealkylation sites (N-methyl/N-ethyl adjacent to an activating group) is 1. The second-order valence-electron chi connectivity index (χ2n) is 5.29. The number of ether oxygens (including phenoxy) is 2. The average molecular weight is 325 g/mol. The predicted molar refractivity (Wildman–Crippen MR) is 96.1 cm³/mol. The summed E-state index contributed by atoms with van der Waals surface area (Å²) in [5, 5.41) is 0. The quantitative estimate of drug-likeness (QED) is 0.728. The van der Waals surface area contributed by atoms with E-state index in [1.54, 1.807) is 25.2 Å². The van der Waals surface area contributed by atoms with Gasteiger partial charge in [-0.05, 0) is 36.3 Å². The van der Waals surface area contributed by atoms with Crippen LogP contribution in [0.1, 0.15) is 18.1 Å². The van der Waals surface area contributed by atoms with E-state index in [0.717, 1.165) is 11.1 Å². The van der Waals surface area contributed by atoms with E-state index in [0.29, 0.717) is 24.6 Å². The monoisotopic (exact) mass is 325 g/mol. The van der Waals surface area contributed by atoms with Crippen LogP contribution in [0.5, 0.6) is 11.5 Å². The summed E-state index contributed by atoms with van der Waals surface area (Å²) in [5.41, 5.74) is 2.00. The van der Waals surface area contributed by atoms with E-state index in [1.807, 2.05) is 61.5 Å². The standard InChI is InChI=1S/C20H23NO3/c1-4-21(20(22)13-11-16-8-6-5-7-9-16)15-17-10-12-18(23-2)19(14-17)24-3/h5-14H,4,15H2,1-3H3/b13-11+. The van der Waals surface area contributed by atoms with Gasteiger partial charge in [0, 0.05) is 19.2 Å². The fourth-order valence-corrected chi connectivity index (χ4v) is 2.38. The van der Waals surface area contributed by atoms with Crippen molar-refractivity contribution in [1.29, 1.82) is 0 Å². The van der Waals surface area contributed by atoms with Gasteiger partial charge in [0.05, 0.1) is 14.2 Å². The van der Waals surface area contributed by atoms with Gasteiger partial charge < -0.3 is 14.4 Å². The minimum absolute atomic E-state index is 0.0175. The number of methoxy groups -OCH3 is 2. The van der Waals surface area contributed by atoms with Gasteiger partial charge >= 0.3 is 0 Å². The number of hydrogen-bond donors (Lipinski definition) is 0. The van der Waals surface area contributed by atoms with Crippen molar-refractivity contribution < 1.29 is 14.3 Å². The molecule has 0 heterocycles. The Morgan fingerprint density at radius 1 is 1.04 bits per heavy atom. The predicted octanol–water partition coefficient (Wildman–Crippen LogP) is 3.77. The molecule has 0 spiro atoms. The minimum Gasteiger partial charge on any atom is -0.493 e. The fourth-order valence-electron chi connectivity index (χ4n) is 2.38. The Balaban J connectivity index is 2.08. The van der Waals surface area contributed by atoms with Crippen molar-refractivity contribution >= 4 is 12.0 Å². The molecule has 0 aliphatic heterocycles. The number of carbonyl (C=O) groups excluding carboxylic acids is 1. The van der Waals surface area contributed by atoms with E-state index in [1.165, 1.54) is 0 Å². The summed E-state index contributed by atoms with van der Waals surface area (Å²) in [5.74, 6) is 1.33. The molecule has 1 amide bonds. The number of hydrogen-bond acceptors (Lipinski definition) is 3. The number of nitrogens with zero attached hydrogens (tertiary/aromatic N) is 1. The van der Waals surface area contributed by atoms with Gasteiger partial charge in [0.2, 0.25) is 5.91 Å². The zero-order valence-electron chi connectivity index (χ0n) is 14.4. The normalized spacial score (nSPS) is 10.6. The van der Waals surface area contributed by atoms with Gasteiger partial charge in [0.25, 0.3) is 0 Å². The summed E-state index contributed by atoms with van der Waals surface area (Å²) in [6.45, 7) is 3.12. The molecule has 24 heavy (non-hydrogen) atoms. The van der Waals surface area contributed by atoms with Crippen LogP contribution in [-0.4, -0.2) is 31.6 Å². The Hall–Kier alpha value is -2.75. The molecule has 0 atom stereocenters. The third kappa shape index (κ3) is 4.62. The molecule has 0 radical (unpaired) electrons. The highest BCUT2D eigenvalue weighted by Gasteiger charge is 2.11. The second kappa shape index (κ2) is 8.77. The molecule has 0 N–H and O–H groups in total. The van der Waals surface area contributed by atoms with Gasteiger partial charge in [0.15, 0.2) is 11.5 Å². The number of rotatable bonds is 7. The topological polar surface area (TPSA) is 38.8 Å². The van der Waals surface area contributed by atoms with Crippen LogP contribution in [0.2, 0.25) is 0 Å². The van der Waals surface area contributed by atoms with E-state index in [4.69, 9.17) is 9.47 Å². The Morgan fingerprint density at radius 3 is 2.38 bits per heavy atom. The lowest BCUT2D eigenvalue weighted by atomic mass is 10.1. The largest absolute Gasteiger partial charge is 0.493 e. The van der Waals surface area contributed by atoms with Crippen LogP contribution in [0.15, 0.2) is 54.6 Å². The fraction of sp³-hybridized carbons (Fsp3) is 0.250. The van der Waals surface area contributed by atoms with E-state index in [2.05, 4.69) is 0 Å². The third-order valence-corrected chi connectivity index (χ3v) is 3.73. The van der Waals surface area contributed by atoms with Gasteiger partial charge in [-0.3, -0.25) is 4.79 Å². The van der Waals surface area contributed by atoms with Crippen LogP contribution >= 0.6 is 0 Å². The summed E-state index contributed by atoms with van der Waals surface area (Å²) in [4.78, 5) is 14.2. The molecule has 0 saturated heterocycles. The molecule has 4 heteroatoms. The zero-order chi connectivity index (χ0) is 17.4. The van der Waals surface area contributed by atoms with E-state index in [9.17, 15) is 4.79 Å². The lowest BCUT2D eigenvalue weighted by molar-refractivity contribution is -0.126. The number of benzene rings is 2. The summed E-state index contributed by atoms with van der Waals surface area (Å²) >= 11 is 0. The maximum Gasteiger partial charge on any atom is 0.246 e. The van der Waals surface area contributed by atoms with Crippen molar-refractivity contribution in [3.63, 3.8) is 0 Å². The molecule has 0 aliphatic carbocycles. The molecule has 0 aromatic heterocycles. The van der Waals surface area contributed by atoms with E-state index < -0.39 is 0 Å². The molecular formula is C20H23NO3. The molecule has 0 aliphatic rings. The van der Waals surface area contributed by atoms with Gasteiger partial charge in [-0.15, -0.1) is 0 Å². The summed E-state index contributed by atoms with van der Waals surface area (Å²) in [6, 6.07) is 15.5. The molecule has 126 valence electrons. The smallest absolute Gasteiger partial charge is 0.246 e. The lowest BCUT2D eigenvalue weighted by Gasteiger charge is -2.20. The van der Waals surface area contributed by atoms with E-state index >= 15 is 0 Å².